The lowest BCUT2D eigenvalue weighted by Gasteiger charge is -2.36. The minimum atomic E-state index is -0.968. The van der Waals surface area contributed by atoms with Crippen LogP contribution in [-0.2, 0) is 11.3 Å². The van der Waals surface area contributed by atoms with Crippen LogP contribution in [0.15, 0.2) is 12.4 Å². The molecule has 1 aliphatic rings. The first-order valence-electron chi connectivity index (χ1n) is 6.77. The highest BCUT2D eigenvalue weighted by molar-refractivity contribution is 5.89. The lowest BCUT2D eigenvalue weighted by Crippen LogP contribution is -2.46. The Morgan fingerprint density at radius 2 is 2.20 bits per heavy atom. The van der Waals surface area contributed by atoms with E-state index >= 15 is 0 Å². The van der Waals surface area contributed by atoms with E-state index in [1.54, 1.807) is 0 Å². The molecule has 2 N–H and O–H groups in total. The molecule has 0 spiro atoms. The number of carboxylic acid groups (broad SMARTS) is 1. The van der Waals surface area contributed by atoms with Crippen molar-refractivity contribution in [1.29, 1.82) is 0 Å². The van der Waals surface area contributed by atoms with Gasteiger partial charge in [-0.15, -0.1) is 0 Å². The molecule has 2 amide bonds. The van der Waals surface area contributed by atoms with Gasteiger partial charge in [0, 0.05) is 18.8 Å². The maximum absolute atomic E-state index is 12.2. The van der Waals surface area contributed by atoms with Crippen molar-refractivity contribution in [2.24, 2.45) is 5.92 Å². The first-order valence-corrected chi connectivity index (χ1v) is 6.77. The number of nitrogens with zero attached hydrogens (tertiary/aromatic N) is 3. The summed E-state index contributed by atoms with van der Waals surface area (Å²) < 4.78 is 1.28. The first kappa shape index (κ1) is 14.4. The smallest absolute Gasteiger partial charge is 0.325 e. The first-order chi connectivity index (χ1) is 9.45. The zero-order valence-corrected chi connectivity index (χ0v) is 11.7. The summed E-state index contributed by atoms with van der Waals surface area (Å²) in [6.07, 6.45) is 5.12. The molecule has 110 valence electrons. The second kappa shape index (κ2) is 5.94. The van der Waals surface area contributed by atoms with Crippen LogP contribution >= 0.6 is 0 Å². The number of rotatable bonds is 3. The molecule has 1 aromatic rings. The summed E-state index contributed by atoms with van der Waals surface area (Å²) in [7, 11) is 0. The largest absolute Gasteiger partial charge is 0.480 e. The van der Waals surface area contributed by atoms with Crippen molar-refractivity contribution in [2.75, 3.05) is 11.9 Å². The third-order valence-corrected chi connectivity index (χ3v) is 3.56. The fourth-order valence-electron chi connectivity index (χ4n) is 2.42. The fraction of sp³-hybridized carbons (Fsp3) is 0.615. The number of nitrogens with one attached hydrogen (secondary N) is 1. The predicted octanol–water partition coefficient (Wildman–Crippen LogP) is 1.62. The second-order valence-corrected chi connectivity index (χ2v) is 5.43. The Balaban J connectivity index is 1.96. The summed E-state index contributed by atoms with van der Waals surface area (Å²) in [6.45, 7) is 4.71. The van der Waals surface area contributed by atoms with Crippen molar-refractivity contribution in [3.8, 4) is 0 Å². The summed E-state index contributed by atoms with van der Waals surface area (Å²) in [5.41, 5.74) is 0.515. The van der Waals surface area contributed by atoms with Crippen molar-refractivity contribution >= 4 is 17.7 Å². The number of carboxylic acids is 1. The Hall–Kier alpha value is -2.05. The number of hydrogen-bond donors (Lipinski definition) is 2. The topological polar surface area (TPSA) is 87.5 Å². The van der Waals surface area contributed by atoms with Crippen molar-refractivity contribution in [1.82, 2.24) is 14.7 Å². The molecule has 0 saturated carbocycles. The Labute approximate surface area is 117 Å². The van der Waals surface area contributed by atoms with E-state index in [-0.39, 0.29) is 18.6 Å². The monoisotopic (exact) mass is 280 g/mol. The van der Waals surface area contributed by atoms with Crippen LogP contribution in [-0.4, -0.2) is 44.4 Å². The second-order valence-electron chi connectivity index (χ2n) is 5.43. The summed E-state index contributed by atoms with van der Waals surface area (Å²) in [5, 5.41) is 15.3. The van der Waals surface area contributed by atoms with Gasteiger partial charge in [-0.3, -0.25) is 9.48 Å². The van der Waals surface area contributed by atoms with Gasteiger partial charge in [0.2, 0.25) is 0 Å². The molecule has 0 radical (unpaired) electrons. The van der Waals surface area contributed by atoms with E-state index in [0.29, 0.717) is 11.6 Å². The Morgan fingerprint density at radius 3 is 2.90 bits per heavy atom. The maximum atomic E-state index is 12.2. The van der Waals surface area contributed by atoms with E-state index in [4.69, 9.17) is 5.11 Å². The van der Waals surface area contributed by atoms with Crippen LogP contribution in [0.3, 0.4) is 0 Å². The van der Waals surface area contributed by atoms with Gasteiger partial charge in [0.05, 0.1) is 11.9 Å². The number of piperidine rings is 1. The number of carbonyl (C=O) groups is 2. The van der Waals surface area contributed by atoms with E-state index in [1.165, 1.54) is 17.1 Å². The van der Waals surface area contributed by atoms with Crippen molar-refractivity contribution in [3.05, 3.63) is 12.4 Å². The molecule has 1 aromatic heterocycles. The molecule has 1 saturated heterocycles. The molecule has 2 rings (SSSR count). The molecule has 1 fully saturated rings. The fourth-order valence-corrected chi connectivity index (χ4v) is 2.42. The molecule has 0 bridgehead atoms. The van der Waals surface area contributed by atoms with Crippen LogP contribution in [0.5, 0.6) is 0 Å². The number of likely N-dealkylation sites (tertiary alicyclic amines) is 1. The van der Waals surface area contributed by atoms with Crippen LogP contribution in [0.25, 0.3) is 0 Å². The predicted molar refractivity (Wildman–Crippen MR) is 73.4 cm³/mol. The highest BCUT2D eigenvalue weighted by Crippen LogP contribution is 2.22. The number of hydrogen-bond acceptors (Lipinski definition) is 3. The molecule has 2 unspecified atom stereocenters. The van der Waals surface area contributed by atoms with E-state index in [0.717, 1.165) is 19.4 Å². The standard InChI is InChI=1S/C13H20N4O3/c1-9-3-4-10(2)17(6-9)13(20)15-11-5-14-16(7-11)8-12(18)19/h5,7,9-10H,3-4,6,8H2,1-2H3,(H,15,20)(H,18,19). The molecule has 1 aliphatic heterocycles. The van der Waals surface area contributed by atoms with Crippen molar-refractivity contribution < 1.29 is 14.7 Å². The highest BCUT2D eigenvalue weighted by Gasteiger charge is 2.27. The van der Waals surface area contributed by atoms with Gasteiger partial charge in [-0.05, 0) is 25.7 Å². The average Bonchev–Trinajstić information content (AvgIpc) is 2.78. The quantitative estimate of drug-likeness (QED) is 0.880. The number of anilines is 1. The zero-order valence-electron chi connectivity index (χ0n) is 11.7. The molecule has 7 heteroatoms. The van der Waals surface area contributed by atoms with Crippen molar-refractivity contribution in [2.45, 2.75) is 39.3 Å². The van der Waals surface area contributed by atoms with Gasteiger partial charge in [0.1, 0.15) is 6.54 Å². The third-order valence-electron chi connectivity index (χ3n) is 3.56. The minimum absolute atomic E-state index is 0.154. The van der Waals surface area contributed by atoms with Crippen LogP contribution in [0.2, 0.25) is 0 Å². The zero-order chi connectivity index (χ0) is 14.7. The number of urea groups is 1. The number of aliphatic carboxylic acids is 1. The summed E-state index contributed by atoms with van der Waals surface area (Å²) in [5.74, 6) is -0.462. The maximum Gasteiger partial charge on any atom is 0.325 e. The summed E-state index contributed by atoms with van der Waals surface area (Å²) in [4.78, 5) is 24.6. The van der Waals surface area contributed by atoms with Gasteiger partial charge in [0.25, 0.3) is 0 Å². The van der Waals surface area contributed by atoms with Crippen molar-refractivity contribution in [3.63, 3.8) is 0 Å². The third kappa shape index (κ3) is 3.49. The molecule has 0 aliphatic carbocycles. The van der Waals surface area contributed by atoms with E-state index in [1.807, 2.05) is 11.8 Å². The van der Waals surface area contributed by atoms with Crippen LogP contribution < -0.4 is 5.32 Å². The highest BCUT2D eigenvalue weighted by atomic mass is 16.4. The molecule has 20 heavy (non-hydrogen) atoms. The van der Waals surface area contributed by atoms with Gasteiger partial charge in [-0.2, -0.15) is 5.10 Å². The number of aromatic nitrogens is 2. The Bertz CT molecular complexity index is 500. The molecule has 7 nitrogen and oxygen atoms in total. The van der Waals surface area contributed by atoms with E-state index < -0.39 is 5.97 Å². The van der Waals surface area contributed by atoms with Gasteiger partial charge in [-0.1, -0.05) is 6.92 Å². The SMILES string of the molecule is CC1CCC(C)N(C(=O)Nc2cnn(CC(=O)O)c2)C1. The average molecular weight is 280 g/mol. The molecular formula is C13H20N4O3. The van der Waals surface area contributed by atoms with Gasteiger partial charge >= 0.3 is 12.0 Å². The van der Waals surface area contributed by atoms with Gasteiger partial charge in [0.15, 0.2) is 0 Å². The summed E-state index contributed by atoms with van der Waals surface area (Å²) in [6, 6.07) is 0.0687. The van der Waals surface area contributed by atoms with E-state index in [9.17, 15) is 9.59 Å². The van der Waals surface area contributed by atoms with Crippen LogP contribution in [0.4, 0.5) is 10.5 Å². The Kier molecular flexibility index (Phi) is 4.26. The minimum Gasteiger partial charge on any atom is -0.480 e. The molecular weight excluding hydrogens is 260 g/mol. The lowest BCUT2D eigenvalue weighted by atomic mass is 9.95. The molecule has 2 heterocycles. The van der Waals surface area contributed by atoms with Crippen LogP contribution in [0, 0.1) is 5.92 Å². The Morgan fingerprint density at radius 1 is 1.45 bits per heavy atom. The molecule has 2 atom stereocenters. The lowest BCUT2D eigenvalue weighted by molar-refractivity contribution is -0.137. The normalized spacial score (nSPS) is 22.6. The van der Waals surface area contributed by atoms with Crippen LogP contribution in [0.1, 0.15) is 26.7 Å². The van der Waals surface area contributed by atoms with E-state index in [2.05, 4.69) is 17.3 Å². The number of amides is 2. The number of carbonyl (C=O) groups excluding carboxylic acids is 1. The van der Waals surface area contributed by atoms with Gasteiger partial charge < -0.3 is 15.3 Å². The van der Waals surface area contributed by atoms with Gasteiger partial charge in [-0.25, -0.2) is 4.79 Å². The molecule has 0 aromatic carbocycles. The summed E-state index contributed by atoms with van der Waals surface area (Å²) >= 11 is 0.